The van der Waals surface area contributed by atoms with E-state index in [4.69, 9.17) is 4.74 Å². The molecule has 4 rings (SSSR count). The Bertz CT molecular complexity index is 772. The molecule has 1 aromatic heterocycles. The minimum Gasteiger partial charge on any atom is -0.384 e. The molecule has 0 unspecified atom stereocenters. The zero-order valence-electron chi connectivity index (χ0n) is 16.0. The lowest BCUT2D eigenvalue weighted by Crippen LogP contribution is -2.53. The molecule has 9 heteroatoms. The number of methoxy groups -OCH3 is 1. The number of hydrogen-bond donors (Lipinski definition) is 1. The number of amides is 1. The summed E-state index contributed by atoms with van der Waals surface area (Å²) >= 11 is 0. The molecule has 7 nitrogen and oxygen atoms in total. The highest BCUT2D eigenvalue weighted by Crippen LogP contribution is 2.33. The molecule has 0 spiro atoms. The van der Waals surface area contributed by atoms with Crippen LogP contribution in [0.1, 0.15) is 18.7 Å². The number of carbonyl (C=O) groups excluding carboxylic acids is 1. The van der Waals surface area contributed by atoms with Gasteiger partial charge in [0.05, 0.1) is 18.6 Å². The van der Waals surface area contributed by atoms with E-state index in [2.05, 4.69) is 20.1 Å². The van der Waals surface area contributed by atoms with Crippen LogP contribution >= 0.6 is 24.8 Å². The average Bonchev–Trinajstić information content (AvgIpc) is 3.12. The second-order valence-electron chi connectivity index (χ2n) is 7.15. The van der Waals surface area contributed by atoms with Crippen LogP contribution in [0.25, 0.3) is 11.4 Å². The van der Waals surface area contributed by atoms with Gasteiger partial charge in [-0.2, -0.15) is 0 Å². The van der Waals surface area contributed by atoms with Crippen molar-refractivity contribution in [2.24, 2.45) is 5.41 Å². The molecular formula is C19H27Cl2N5O2. The Kier molecular flexibility index (Phi) is 7.83. The molecule has 2 aliphatic rings. The molecule has 2 aliphatic heterocycles. The summed E-state index contributed by atoms with van der Waals surface area (Å²) in [5.74, 6) is 1.92. The number of nitrogens with zero attached hydrogens (tertiary/aromatic N) is 4. The van der Waals surface area contributed by atoms with Gasteiger partial charge in [0.2, 0.25) is 5.91 Å². The number of halogens is 2. The van der Waals surface area contributed by atoms with Gasteiger partial charge >= 0.3 is 0 Å². The first-order chi connectivity index (χ1) is 12.7. The van der Waals surface area contributed by atoms with E-state index in [1.165, 1.54) is 0 Å². The molecule has 3 heterocycles. The smallest absolute Gasteiger partial charge is 0.231 e. The molecule has 0 radical (unpaired) electrons. The van der Waals surface area contributed by atoms with E-state index in [9.17, 15) is 4.79 Å². The van der Waals surface area contributed by atoms with Crippen LogP contribution in [0.5, 0.6) is 0 Å². The number of fused-ring (bicyclic) bond motifs is 1. The first-order valence-electron chi connectivity index (χ1n) is 9.20. The largest absolute Gasteiger partial charge is 0.384 e. The number of piperidine rings is 1. The molecule has 1 amide bonds. The number of benzene rings is 1. The number of hydrogen-bond acceptors (Lipinski definition) is 5. The number of nitrogens with one attached hydrogen (secondary N) is 1. The number of carbonyl (C=O) groups is 1. The molecule has 1 saturated heterocycles. The van der Waals surface area contributed by atoms with Gasteiger partial charge in [-0.05, 0) is 25.9 Å². The van der Waals surface area contributed by atoms with Crippen molar-refractivity contribution in [1.82, 2.24) is 25.0 Å². The molecule has 0 aliphatic carbocycles. The molecule has 0 atom stereocenters. The van der Waals surface area contributed by atoms with Gasteiger partial charge in [0.15, 0.2) is 11.6 Å². The second-order valence-corrected chi connectivity index (χ2v) is 7.15. The van der Waals surface area contributed by atoms with Crippen molar-refractivity contribution >= 4 is 30.7 Å². The van der Waals surface area contributed by atoms with Gasteiger partial charge in [0, 0.05) is 25.8 Å². The Morgan fingerprint density at radius 3 is 2.54 bits per heavy atom. The van der Waals surface area contributed by atoms with Crippen LogP contribution in [0.15, 0.2) is 30.3 Å². The van der Waals surface area contributed by atoms with Crippen LogP contribution in [-0.2, 0) is 22.6 Å². The predicted octanol–water partition coefficient (Wildman–Crippen LogP) is 2.15. The van der Waals surface area contributed by atoms with Crippen molar-refractivity contribution in [2.45, 2.75) is 25.9 Å². The summed E-state index contributed by atoms with van der Waals surface area (Å²) in [6.07, 6.45) is 1.64. The number of aromatic nitrogens is 3. The maximum atomic E-state index is 13.3. The lowest BCUT2D eigenvalue weighted by Gasteiger charge is -2.40. The first kappa shape index (κ1) is 22.6. The molecule has 1 N–H and O–H groups in total. The van der Waals surface area contributed by atoms with Crippen molar-refractivity contribution in [3.63, 3.8) is 0 Å². The van der Waals surface area contributed by atoms with Gasteiger partial charge in [-0.3, -0.25) is 4.79 Å². The fraction of sp³-hybridized carbons (Fsp3) is 0.526. The third-order valence-corrected chi connectivity index (χ3v) is 5.51. The van der Waals surface area contributed by atoms with E-state index < -0.39 is 5.41 Å². The van der Waals surface area contributed by atoms with Crippen molar-refractivity contribution in [3.05, 3.63) is 36.2 Å². The van der Waals surface area contributed by atoms with Gasteiger partial charge in [-0.25, -0.2) is 0 Å². The summed E-state index contributed by atoms with van der Waals surface area (Å²) < 4.78 is 7.55. The standard InChI is InChI=1S/C19H25N5O2.2ClH/c1-26-14-19(7-9-20-10-8-19)18(25)23-11-12-24-16(13-23)21-22-17(24)15-5-3-2-4-6-15;;/h2-6,20H,7-14H2,1H3;2*1H. The van der Waals surface area contributed by atoms with Crippen LogP contribution in [0.4, 0.5) is 0 Å². The van der Waals surface area contributed by atoms with Gasteiger partial charge in [0.1, 0.15) is 0 Å². The lowest BCUT2D eigenvalue weighted by molar-refractivity contribution is -0.149. The summed E-state index contributed by atoms with van der Waals surface area (Å²) in [4.78, 5) is 15.2. The molecule has 28 heavy (non-hydrogen) atoms. The van der Waals surface area contributed by atoms with Crippen LogP contribution in [0, 0.1) is 5.41 Å². The predicted molar refractivity (Wildman–Crippen MR) is 112 cm³/mol. The van der Waals surface area contributed by atoms with E-state index in [-0.39, 0.29) is 30.7 Å². The molecular weight excluding hydrogens is 401 g/mol. The van der Waals surface area contributed by atoms with Crippen LogP contribution in [0.3, 0.4) is 0 Å². The summed E-state index contributed by atoms with van der Waals surface area (Å²) in [6.45, 7) is 4.11. The summed E-state index contributed by atoms with van der Waals surface area (Å²) in [5.41, 5.74) is 0.644. The highest BCUT2D eigenvalue weighted by atomic mass is 35.5. The van der Waals surface area contributed by atoms with Gasteiger partial charge in [-0.15, -0.1) is 35.0 Å². The van der Waals surface area contributed by atoms with Crippen molar-refractivity contribution in [1.29, 1.82) is 0 Å². The first-order valence-corrected chi connectivity index (χ1v) is 9.20. The SMILES string of the molecule is COCC1(C(=O)N2CCn3c(nnc3-c3ccccc3)C2)CCNCC1.Cl.Cl. The quantitative estimate of drug-likeness (QED) is 0.808. The lowest BCUT2D eigenvalue weighted by atomic mass is 9.78. The number of ether oxygens (including phenoxy) is 1. The van der Waals surface area contributed by atoms with Crippen molar-refractivity contribution in [2.75, 3.05) is 33.4 Å². The van der Waals surface area contributed by atoms with Gasteiger partial charge < -0.3 is 19.5 Å². The fourth-order valence-electron chi connectivity index (χ4n) is 4.07. The Balaban J connectivity index is 0.00000140. The minimum absolute atomic E-state index is 0. The topological polar surface area (TPSA) is 72.3 Å². The fourth-order valence-corrected chi connectivity index (χ4v) is 4.07. The minimum atomic E-state index is -0.412. The van der Waals surface area contributed by atoms with Crippen LogP contribution in [0.2, 0.25) is 0 Å². The summed E-state index contributed by atoms with van der Waals surface area (Å²) in [6, 6.07) is 10.1. The highest BCUT2D eigenvalue weighted by Gasteiger charge is 2.43. The second kappa shape index (κ2) is 9.69. The molecule has 154 valence electrons. The Morgan fingerprint density at radius 1 is 1.14 bits per heavy atom. The van der Waals surface area contributed by atoms with E-state index in [0.29, 0.717) is 19.7 Å². The summed E-state index contributed by atoms with van der Waals surface area (Å²) in [7, 11) is 1.68. The van der Waals surface area contributed by atoms with Crippen molar-refractivity contribution in [3.8, 4) is 11.4 Å². The normalized spacial score (nSPS) is 17.8. The van der Waals surface area contributed by atoms with E-state index in [1.807, 2.05) is 35.2 Å². The maximum absolute atomic E-state index is 13.3. The monoisotopic (exact) mass is 427 g/mol. The van der Waals surface area contributed by atoms with E-state index in [1.54, 1.807) is 7.11 Å². The molecule has 1 aromatic carbocycles. The highest BCUT2D eigenvalue weighted by molar-refractivity contribution is 5.85. The zero-order valence-corrected chi connectivity index (χ0v) is 17.6. The Morgan fingerprint density at radius 2 is 1.86 bits per heavy atom. The van der Waals surface area contributed by atoms with Crippen molar-refractivity contribution < 1.29 is 9.53 Å². The van der Waals surface area contributed by atoms with Gasteiger partial charge in [-0.1, -0.05) is 30.3 Å². The van der Waals surface area contributed by atoms with Crippen LogP contribution < -0.4 is 5.32 Å². The maximum Gasteiger partial charge on any atom is 0.231 e. The zero-order chi connectivity index (χ0) is 18.0. The summed E-state index contributed by atoms with van der Waals surface area (Å²) in [5, 5.41) is 12.1. The Labute approximate surface area is 177 Å². The molecule has 1 fully saturated rings. The molecule has 0 saturated carbocycles. The third-order valence-electron chi connectivity index (χ3n) is 5.51. The Hall–Kier alpha value is -1.67. The third kappa shape index (κ3) is 4.17. The van der Waals surface area contributed by atoms with Crippen LogP contribution in [-0.4, -0.2) is 58.9 Å². The molecule has 2 aromatic rings. The number of rotatable bonds is 4. The molecule has 0 bridgehead atoms. The van der Waals surface area contributed by atoms with Gasteiger partial charge in [0.25, 0.3) is 0 Å². The average molecular weight is 428 g/mol. The van der Waals surface area contributed by atoms with E-state index in [0.717, 1.165) is 49.7 Å². The van der Waals surface area contributed by atoms with E-state index >= 15 is 0 Å².